The lowest BCUT2D eigenvalue weighted by Crippen LogP contribution is -2.14. The molecule has 0 aliphatic heterocycles. The van der Waals surface area contributed by atoms with Crippen LogP contribution in [0.5, 0.6) is 5.75 Å². The zero-order valence-corrected chi connectivity index (χ0v) is 16.6. The monoisotopic (exact) mass is 411 g/mol. The molecule has 0 N–H and O–H groups in total. The first-order valence-electron chi connectivity index (χ1n) is 8.33. The van der Waals surface area contributed by atoms with E-state index in [0.29, 0.717) is 32.7 Å². The van der Waals surface area contributed by atoms with Gasteiger partial charge in [0.25, 0.3) is 5.56 Å². The predicted molar refractivity (Wildman–Crippen MR) is 106 cm³/mol. The molecule has 3 aromatic heterocycles. The number of fused-ring (bicyclic) bond motifs is 1. The normalized spacial score (nSPS) is 10.9. The van der Waals surface area contributed by atoms with E-state index in [1.807, 2.05) is 25.3 Å². The smallest absolute Gasteiger partial charge is 0.258 e. The summed E-state index contributed by atoms with van der Waals surface area (Å²) in [6.45, 7) is 3.88. The Morgan fingerprint density at radius 2 is 2.14 bits per heavy atom. The summed E-state index contributed by atoms with van der Waals surface area (Å²) < 4.78 is 9.14. The molecule has 0 saturated heterocycles. The van der Waals surface area contributed by atoms with Crippen LogP contribution in [0, 0.1) is 25.2 Å². The van der Waals surface area contributed by atoms with Crippen molar-refractivity contribution in [2.45, 2.75) is 20.5 Å². The fraction of sp³-hybridized carbons (Fsp3) is 0.158. The van der Waals surface area contributed by atoms with Gasteiger partial charge in [0, 0.05) is 17.6 Å². The van der Waals surface area contributed by atoms with E-state index < -0.39 is 0 Å². The van der Waals surface area contributed by atoms with Gasteiger partial charge in [0.1, 0.15) is 18.4 Å². The molecule has 0 saturated carbocycles. The van der Waals surface area contributed by atoms with E-state index in [9.17, 15) is 4.79 Å². The average Bonchev–Trinajstić information content (AvgIpc) is 3.25. The van der Waals surface area contributed by atoms with Crippen LogP contribution in [0.1, 0.15) is 22.6 Å². The first-order valence-corrected chi connectivity index (χ1v) is 9.58. The minimum Gasteiger partial charge on any atom is -0.483 e. The Kier molecular flexibility index (Phi) is 4.63. The Bertz CT molecular complexity index is 1300. The number of halogens is 1. The molecule has 0 bridgehead atoms. The van der Waals surface area contributed by atoms with Crippen LogP contribution >= 0.6 is 22.9 Å². The maximum absolute atomic E-state index is 12.1. The first-order chi connectivity index (χ1) is 13.5. The van der Waals surface area contributed by atoms with Crippen molar-refractivity contribution in [2.24, 2.45) is 0 Å². The van der Waals surface area contributed by atoms with Gasteiger partial charge in [0.15, 0.2) is 10.7 Å². The largest absolute Gasteiger partial charge is 0.483 e. The van der Waals surface area contributed by atoms with Crippen molar-refractivity contribution in [3.63, 3.8) is 0 Å². The molecule has 28 heavy (non-hydrogen) atoms. The van der Waals surface area contributed by atoms with E-state index in [0.717, 1.165) is 11.4 Å². The summed E-state index contributed by atoms with van der Waals surface area (Å²) >= 11 is 7.53. The van der Waals surface area contributed by atoms with E-state index in [4.69, 9.17) is 21.6 Å². The average molecular weight is 412 g/mol. The summed E-state index contributed by atoms with van der Waals surface area (Å²) in [5.74, 6) is 0.619. The number of benzene rings is 1. The van der Waals surface area contributed by atoms with Crippen molar-refractivity contribution >= 4 is 27.9 Å². The van der Waals surface area contributed by atoms with E-state index in [1.54, 1.807) is 29.1 Å². The van der Waals surface area contributed by atoms with Crippen LogP contribution in [0.15, 0.2) is 40.6 Å². The lowest BCUT2D eigenvalue weighted by Gasteiger charge is -2.08. The molecule has 0 atom stereocenters. The molecule has 140 valence electrons. The molecule has 0 amide bonds. The topological polar surface area (TPSA) is 85.2 Å². The second-order valence-corrected chi connectivity index (χ2v) is 7.40. The predicted octanol–water partition coefficient (Wildman–Crippen LogP) is 3.66. The van der Waals surface area contributed by atoms with Gasteiger partial charge >= 0.3 is 0 Å². The summed E-state index contributed by atoms with van der Waals surface area (Å²) in [7, 11) is 0. The van der Waals surface area contributed by atoms with Gasteiger partial charge < -0.3 is 4.74 Å². The van der Waals surface area contributed by atoms with Gasteiger partial charge in [-0.25, -0.2) is 9.67 Å². The van der Waals surface area contributed by atoms with Crippen LogP contribution in [0.25, 0.3) is 10.6 Å². The van der Waals surface area contributed by atoms with Crippen molar-refractivity contribution in [2.75, 3.05) is 0 Å². The third-order valence-electron chi connectivity index (χ3n) is 4.26. The maximum Gasteiger partial charge on any atom is 0.258 e. The van der Waals surface area contributed by atoms with Gasteiger partial charge in [0.2, 0.25) is 0 Å². The Morgan fingerprint density at radius 3 is 2.89 bits per heavy atom. The van der Waals surface area contributed by atoms with Crippen molar-refractivity contribution in [1.82, 2.24) is 19.2 Å². The SMILES string of the molecule is Cc1nn(-c2ccc(C#N)c(Cl)c2)c(C)c1OCc1cc(=O)n2ccsc2n1. The Labute approximate surface area is 169 Å². The highest BCUT2D eigenvalue weighted by atomic mass is 35.5. The number of hydrogen-bond acceptors (Lipinski definition) is 6. The number of nitriles is 1. The molecule has 4 rings (SSSR count). The van der Waals surface area contributed by atoms with Gasteiger partial charge in [-0.05, 0) is 32.0 Å². The first kappa shape index (κ1) is 18.2. The summed E-state index contributed by atoms with van der Waals surface area (Å²) in [5, 5.41) is 15.7. The summed E-state index contributed by atoms with van der Waals surface area (Å²) in [6.07, 6.45) is 1.70. The minimum absolute atomic E-state index is 0.138. The number of rotatable bonds is 4. The highest BCUT2D eigenvalue weighted by Crippen LogP contribution is 2.28. The number of thiazole rings is 1. The molecular weight excluding hydrogens is 398 g/mol. The molecular formula is C19H14ClN5O2S. The second kappa shape index (κ2) is 7.11. The third kappa shape index (κ3) is 3.15. The molecule has 4 aromatic rings. The maximum atomic E-state index is 12.1. The molecule has 0 aliphatic rings. The van der Waals surface area contributed by atoms with Crippen LogP contribution in [-0.4, -0.2) is 19.2 Å². The van der Waals surface area contributed by atoms with Gasteiger partial charge in [-0.15, -0.1) is 11.3 Å². The summed E-state index contributed by atoms with van der Waals surface area (Å²) in [4.78, 5) is 17.2. The van der Waals surface area contributed by atoms with Crippen LogP contribution < -0.4 is 10.3 Å². The number of hydrogen-bond donors (Lipinski definition) is 0. The molecule has 0 radical (unpaired) electrons. The van der Waals surface area contributed by atoms with E-state index in [2.05, 4.69) is 10.1 Å². The van der Waals surface area contributed by atoms with Crippen LogP contribution in [0.3, 0.4) is 0 Å². The molecule has 0 aliphatic carbocycles. The second-order valence-electron chi connectivity index (χ2n) is 6.12. The number of aromatic nitrogens is 4. The van der Waals surface area contributed by atoms with Crippen LogP contribution in [-0.2, 0) is 6.61 Å². The standard InChI is InChI=1S/C19H14ClN5O2S/c1-11-18(27-10-14-7-17(26)24-5-6-28-19(24)22-14)12(2)25(23-11)15-4-3-13(9-21)16(20)8-15/h3-8H,10H2,1-2H3. The van der Waals surface area contributed by atoms with E-state index >= 15 is 0 Å². The lowest BCUT2D eigenvalue weighted by atomic mass is 10.2. The molecule has 0 spiro atoms. The Hall–Kier alpha value is -3.15. The van der Waals surface area contributed by atoms with Crippen LogP contribution in [0.4, 0.5) is 0 Å². The molecule has 3 heterocycles. The molecule has 0 unspecified atom stereocenters. The third-order valence-corrected chi connectivity index (χ3v) is 5.33. The highest BCUT2D eigenvalue weighted by Gasteiger charge is 2.16. The Balaban J connectivity index is 1.63. The van der Waals surface area contributed by atoms with Crippen molar-refractivity contribution in [3.05, 3.63) is 73.9 Å². The van der Waals surface area contributed by atoms with E-state index in [-0.39, 0.29) is 12.2 Å². The van der Waals surface area contributed by atoms with Gasteiger partial charge in [-0.3, -0.25) is 9.20 Å². The van der Waals surface area contributed by atoms with Crippen molar-refractivity contribution < 1.29 is 4.74 Å². The Morgan fingerprint density at radius 1 is 1.32 bits per heavy atom. The summed E-state index contributed by atoms with van der Waals surface area (Å²) in [6, 6.07) is 8.63. The lowest BCUT2D eigenvalue weighted by molar-refractivity contribution is 0.297. The van der Waals surface area contributed by atoms with Gasteiger partial charge in [0.05, 0.1) is 27.7 Å². The number of aryl methyl sites for hydroxylation is 1. The van der Waals surface area contributed by atoms with Crippen molar-refractivity contribution in [1.29, 1.82) is 5.26 Å². The van der Waals surface area contributed by atoms with E-state index in [1.165, 1.54) is 21.8 Å². The molecule has 7 nitrogen and oxygen atoms in total. The van der Waals surface area contributed by atoms with Crippen molar-refractivity contribution in [3.8, 4) is 17.5 Å². The molecule has 1 aromatic carbocycles. The number of ether oxygens (including phenoxy) is 1. The molecule has 0 fully saturated rings. The zero-order chi connectivity index (χ0) is 19.8. The van der Waals surface area contributed by atoms with Gasteiger partial charge in [-0.2, -0.15) is 10.4 Å². The quantitative estimate of drug-likeness (QED) is 0.511. The molecule has 9 heteroatoms. The van der Waals surface area contributed by atoms with Gasteiger partial charge in [-0.1, -0.05) is 11.6 Å². The highest BCUT2D eigenvalue weighted by molar-refractivity contribution is 7.15. The van der Waals surface area contributed by atoms with Crippen LogP contribution in [0.2, 0.25) is 5.02 Å². The zero-order valence-electron chi connectivity index (χ0n) is 15.0. The fourth-order valence-electron chi connectivity index (χ4n) is 2.92. The summed E-state index contributed by atoms with van der Waals surface area (Å²) in [5.41, 5.74) is 3.04. The minimum atomic E-state index is -0.138. The fourth-order valence-corrected chi connectivity index (χ4v) is 3.88. The number of nitrogens with zero attached hydrogens (tertiary/aromatic N) is 5.